The fraction of sp³-hybridized carbons (Fsp3) is 0.0952. The third-order valence-electron chi connectivity index (χ3n) is 4.02. The molecular weight excluding hydrogens is 312 g/mol. The van der Waals surface area contributed by atoms with Crippen LogP contribution in [-0.2, 0) is 5.75 Å². The molecule has 0 radical (unpaired) electrons. The van der Waals surface area contributed by atoms with Gasteiger partial charge in [0, 0.05) is 5.75 Å². The molecule has 0 saturated heterocycles. The van der Waals surface area contributed by atoms with Crippen molar-refractivity contribution in [1.82, 2.24) is 9.97 Å². The van der Waals surface area contributed by atoms with E-state index in [9.17, 15) is 0 Å². The zero-order chi connectivity index (χ0) is 16.2. The molecule has 1 heterocycles. The molecule has 0 bridgehead atoms. The van der Waals surface area contributed by atoms with Gasteiger partial charge in [-0.15, -0.1) is 11.8 Å². The maximum atomic E-state index is 4.83. The fourth-order valence-corrected chi connectivity index (χ4v) is 3.98. The second-order valence-electron chi connectivity index (χ2n) is 5.73. The van der Waals surface area contributed by atoms with Gasteiger partial charge in [-0.1, -0.05) is 72.8 Å². The molecule has 1 aromatic heterocycles. The topological polar surface area (TPSA) is 28.7 Å². The van der Waals surface area contributed by atoms with Crippen LogP contribution in [0.4, 0.5) is 0 Å². The maximum absolute atomic E-state index is 4.83. The van der Waals surface area contributed by atoms with Gasteiger partial charge in [0.1, 0.15) is 5.82 Å². The Balaban J connectivity index is 1.67. The number of thioether (sulfide) groups is 1. The number of fused-ring (bicyclic) bond motifs is 1. The highest BCUT2D eigenvalue weighted by Crippen LogP contribution is 2.36. The Morgan fingerprint density at radius 1 is 0.792 bits per heavy atom. The lowest BCUT2D eigenvalue weighted by Gasteiger charge is -2.15. The van der Waals surface area contributed by atoms with Gasteiger partial charge in [-0.2, -0.15) is 0 Å². The van der Waals surface area contributed by atoms with Gasteiger partial charge in [0.25, 0.3) is 0 Å². The van der Waals surface area contributed by atoms with Crippen LogP contribution in [0.5, 0.6) is 0 Å². The minimum atomic E-state index is 0.193. The van der Waals surface area contributed by atoms with E-state index in [0.717, 1.165) is 22.6 Å². The van der Waals surface area contributed by atoms with Crippen molar-refractivity contribution in [2.75, 3.05) is 0 Å². The third-order valence-corrected chi connectivity index (χ3v) is 5.35. The molecule has 0 spiro atoms. The van der Waals surface area contributed by atoms with Crippen molar-refractivity contribution in [2.45, 2.75) is 11.0 Å². The number of aromatic nitrogens is 2. The first-order valence-corrected chi connectivity index (χ1v) is 9.10. The predicted octanol–water partition coefficient (Wildman–Crippen LogP) is 5.59. The van der Waals surface area contributed by atoms with Crippen molar-refractivity contribution in [3.8, 4) is 0 Å². The maximum Gasteiger partial charge on any atom is 0.124 e. The van der Waals surface area contributed by atoms with Crippen molar-refractivity contribution in [3.63, 3.8) is 0 Å². The van der Waals surface area contributed by atoms with E-state index in [2.05, 4.69) is 77.8 Å². The first kappa shape index (κ1) is 15.0. The Labute approximate surface area is 146 Å². The van der Waals surface area contributed by atoms with Crippen LogP contribution in [0, 0.1) is 0 Å². The molecule has 4 aromatic rings. The monoisotopic (exact) mass is 330 g/mol. The van der Waals surface area contributed by atoms with Gasteiger partial charge in [0.05, 0.1) is 16.3 Å². The summed E-state index contributed by atoms with van der Waals surface area (Å²) in [6.07, 6.45) is 0. The summed E-state index contributed by atoms with van der Waals surface area (Å²) in [6, 6.07) is 29.4. The summed E-state index contributed by atoms with van der Waals surface area (Å²) in [7, 11) is 0. The Bertz CT molecular complexity index is 883. The SMILES string of the molecule is c1ccc(CS[C@H](c2ccccc2)c2nc3ccccc3[nH]2)cc1. The smallest absolute Gasteiger partial charge is 0.124 e. The van der Waals surface area contributed by atoms with Crippen LogP contribution in [0.1, 0.15) is 22.2 Å². The molecule has 1 N–H and O–H groups in total. The molecule has 2 nitrogen and oxygen atoms in total. The Hall–Kier alpha value is -2.52. The third kappa shape index (κ3) is 3.22. The fourth-order valence-electron chi connectivity index (χ4n) is 2.81. The number of H-pyrrole nitrogens is 1. The van der Waals surface area contributed by atoms with Crippen molar-refractivity contribution in [2.24, 2.45) is 0 Å². The number of benzene rings is 3. The summed E-state index contributed by atoms with van der Waals surface area (Å²) < 4.78 is 0. The van der Waals surface area contributed by atoms with Crippen LogP contribution >= 0.6 is 11.8 Å². The first-order valence-electron chi connectivity index (χ1n) is 8.05. The zero-order valence-corrected chi connectivity index (χ0v) is 14.0. The quantitative estimate of drug-likeness (QED) is 0.517. The van der Waals surface area contributed by atoms with Crippen LogP contribution in [-0.4, -0.2) is 9.97 Å². The number of hydrogen-bond acceptors (Lipinski definition) is 2. The summed E-state index contributed by atoms with van der Waals surface area (Å²) in [6.45, 7) is 0. The van der Waals surface area contributed by atoms with Gasteiger partial charge in [-0.05, 0) is 23.3 Å². The van der Waals surface area contributed by atoms with E-state index in [1.54, 1.807) is 0 Å². The number of nitrogens with one attached hydrogen (secondary N) is 1. The van der Waals surface area contributed by atoms with E-state index in [4.69, 9.17) is 4.98 Å². The predicted molar refractivity (Wildman–Crippen MR) is 102 cm³/mol. The molecule has 118 valence electrons. The Morgan fingerprint density at radius 2 is 1.46 bits per heavy atom. The van der Waals surface area contributed by atoms with Crippen LogP contribution < -0.4 is 0 Å². The number of imidazole rings is 1. The van der Waals surface area contributed by atoms with E-state index in [1.807, 2.05) is 23.9 Å². The summed E-state index contributed by atoms with van der Waals surface area (Å²) in [4.78, 5) is 8.32. The zero-order valence-electron chi connectivity index (χ0n) is 13.2. The molecule has 0 aliphatic heterocycles. The van der Waals surface area contributed by atoms with E-state index >= 15 is 0 Å². The summed E-state index contributed by atoms with van der Waals surface area (Å²) in [5.74, 6) is 1.97. The summed E-state index contributed by atoms with van der Waals surface area (Å²) in [5.41, 5.74) is 4.72. The lowest BCUT2D eigenvalue weighted by molar-refractivity contribution is 1.01. The van der Waals surface area contributed by atoms with E-state index in [-0.39, 0.29) is 5.25 Å². The molecule has 0 aliphatic carbocycles. The average Bonchev–Trinajstić information content (AvgIpc) is 3.07. The van der Waals surface area contributed by atoms with Gasteiger partial charge in [-0.3, -0.25) is 0 Å². The molecule has 0 unspecified atom stereocenters. The van der Waals surface area contributed by atoms with Gasteiger partial charge < -0.3 is 4.98 Å². The minimum absolute atomic E-state index is 0.193. The molecule has 24 heavy (non-hydrogen) atoms. The number of hydrogen-bond donors (Lipinski definition) is 1. The lowest BCUT2D eigenvalue weighted by Crippen LogP contribution is -2.00. The van der Waals surface area contributed by atoms with Crippen molar-refractivity contribution >= 4 is 22.8 Å². The normalized spacial score (nSPS) is 12.3. The van der Waals surface area contributed by atoms with E-state index < -0.39 is 0 Å². The van der Waals surface area contributed by atoms with Gasteiger partial charge in [-0.25, -0.2) is 4.98 Å². The van der Waals surface area contributed by atoms with Gasteiger partial charge in [0.15, 0.2) is 0 Å². The van der Waals surface area contributed by atoms with Gasteiger partial charge in [0.2, 0.25) is 0 Å². The number of para-hydroxylation sites is 2. The van der Waals surface area contributed by atoms with Crippen molar-refractivity contribution < 1.29 is 0 Å². The van der Waals surface area contributed by atoms with Crippen molar-refractivity contribution in [3.05, 3.63) is 102 Å². The number of nitrogens with zero attached hydrogens (tertiary/aromatic N) is 1. The van der Waals surface area contributed by atoms with Crippen LogP contribution in [0.15, 0.2) is 84.9 Å². The second-order valence-corrected chi connectivity index (χ2v) is 6.82. The largest absolute Gasteiger partial charge is 0.341 e. The molecule has 3 aromatic carbocycles. The molecular formula is C21H18N2S. The standard InChI is InChI=1S/C21H18N2S/c1-3-9-16(10-4-1)15-24-20(17-11-5-2-6-12-17)21-22-18-13-7-8-14-19(18)23-21/h1-14,20H,15H2,(H,22,23)/t20-/m1/s1. The van der Waals surface area contributed by atoms with Crippen LogP contribution in [0.3, 0.4) is 0 Å². The van der Waals surface area contributed by atoms with E-state index in [0.29, 0.717) is 0 Å². The number of rotatable bonds is 5. The molecule has 0 fully saturated rings. The summed E-state index contributed by atoms with van der Waals surface area (Å²) in [5, 5.41) is 0.193. The van der Waals surface area contributed by atoms with Gasteiger partial charge >= 0.3 is 0 Å². The molecule has 3 heteroatoms. The Kier molecular flexibility index (Phi) is 4.34. The highest BCUT2D eigenvalue weighted by molar-refractivity contribution is 7.98. The molecule has 4 rings (SSSR count). The highest BCUT2D eigenvalue weighted by atomic mass is 32.2. The molecule has 0 saturated carbocycles. The molecule has 0 aliphatic rings. The molecule has 0 amide bonds. The van der Waals surface area contributed by atoms with E-state index in [1.165, 1.54) is 11.1 Å². The minimum Gasteiger partial charge on any atom is -0.341 e. The first-order chi connectivity index (χ1) is 11.9. The summed E-state index contributed by atoms with van der Waals surface area (Å²) >= 11 is 1.90. The second kappa shape index (κ2) is 6.93. The number of aromatic amines is 1. The van der Waals surface area contributed by atoms with Crippen molar-refractivity contribution in [1.29, 1.82) is 0 Å². The van der Waals surface area contributed by atoms with Crippen LogP contribution in [0.25, 0.3) is 11.0 Å². The highest BCUT2D eigenvalue weighted by Gasteiger charge is 2.18. The average molecular weight is 330 g/mol. The Morgan fingerprint density at radius 3 is 2.21 bits per heavy atom. The lowest BCUT2D eigenvalue weighted by atomic mass is 10.1. The molecule has 1 atom stereocenters. The van der Waals surface area contributed by atoms with Crippen LogP contribution in [0.2, 0.25) is 0 Å².